The summed E-state index contributed by atoms with van der Waals surface area (Å²) in [6, 6.07) is 17.5. The topological polar surface area (TPSA) is 43.8 Å². The van der Waals surface area contributed by atoms with Crippen molar-refractivity contribution in [2.45, 2.75) is 44.3 Å². The first-order chi connectivity index (χ1) is 13.7. The van der Waals surface area contributed by atoms with Gasteiger partial charge in [-0.25, -0.2) is 4.67 Å². The number of benzene rings is 2. The Labute approximate surface area is 168 Å². The van der Waals surface area contributed by atoms with Crippen LogP contribution in [0.5, 0.6) is 5.75 Å². The fourth-order valence-electron chi connectivity index (χ4n) is 4.75. The molecular formula is C23H31N2O2P. The highest BCUT2D eigenvalue weighted by molar-refractivity contribution is 7.69. The van der Waals surface area contributed by atoms with Crippen LogP contribution in [0, 0.1) is 0 Å². The third-order valence-electron chi connectivity index (χ3n) is 6.16. The Morgan fingerprint density at radius 1 is 0.750 bits per heavy atom. The number of hydrogen-bond acceptors (Lipinski definition) is 3. The molecule has 2 unspecified atom stereocenters. The number of phenols is 1. The van der Waals surface area contributed by atoms with Crippen LogP contribution in [0.3, 0.4) is 0 Å². The summed E-state index contributed by atoms with van der Waals surface area (Å²) >= 11 is 0. The molecule has 1 N–H and O–H groups in total. The van der Waals surface area contributed by atoms with Gasteiger partial charge in [0.05, 0.1) is 0 Å². The molecule has 5 heteroatoms. The Balaban J connectivity index is 1.88. The molecule has 0 amide bonds. The van der Waals surface area contributed by atoms with Crippen molar-refractivity contribution in [2.24, 2.45) is 0 Å². The Kier molecular flexibility index (Phi) is 6.20. The van der Waals surface area contributed by atoms with Crippen LogP contribution >= 0.6 is 7.29 Å². The van der Waals surface area contributed by atoms with Crippen LogP contribution in [0.25, 0.3) is 0 Å². The molecule has 0 saturated carbocycles. The third kappa shape index (κ3) is 3.78. The summed E-state index contributed by atoms with van der Waals surface area (Å²) in [4.78, 5) is 2.38. The zero-order chi connectivity index (χ0) is 19.4. The summed E-state index contributed by atoms with van der Waals surface area (Å²) in [5, 5.41) is 11.7. The SMILES string of the molecule is O=P(c1ccccc1)(C(c1ccccc1O)N1CCCCC1)N1CCCCC1. The number of piperidine rings is 2. The molecule has 2 heterocycles. The van der Waals surface area contributed by atoms with Gasteiger partial charge in [0.2, 0.25) is 0 Å². The third-order valence-corrected chi connectivity index (χ3v) is 9.71. The second-order valence-electron chi connectivity index (χ2n) is 8.00. The zero-order valence-electron chi connectivity index (χ0n) is 16.5. The van der Waals surface area contributed by atoms with Crippen LogP contribution in [-0.4, -0.2) is 40.9 Å². The monoisotopic (exact) mass is 398 g/mol. The molecule has 2 aliphatic rings. The zero-order valence-corrected chi connectivity index (χ0v) is 17.4. The van der Waals surface area contributed by atoms with Gasteiger partial charge in [-0.1, -0.05) is 61.4 Å². The average molecular weight is 398 g/mol. The predicted molar refractivity (Wildman–Crippen MR) is 115 cm³/mol. The van der Waals surface area contributed by atoms with E-state index in [0.29, 0.717) is 0 Å². The highest BCUT2D eigenvalue weighted by atomic mass is 31.2. The second-order valence-corrected chi connectivity index (χ2v) is 10.8. The number of rotatable bonds is 5. The van der Waals surface area contributed by atoms with Gasteiger partial charge >= 0.3 is 0 Å². The van der Waals surface area contributed by atoms with Gasteiger partial charge in [-0.05, 0) is 44.8 Å². The van der Waals surface area contributed by atoms with Gasteiger partial charge < -0.3 is 5.11 Å². The Morgan fingerprint density at radius 2 is 1.32 bits per heavy atom. The first-order valence-corrected chi connectivity index (χ1v) is 12.4. The summed E-state index contributed by atoms with van der Waals surface area (Å²) in [5.74, 6) is -0.0410. The molecule has 0 aromatic heterocycles. The van der Waals surface area contributed by atoms with Crippen molar-refractivity contribution in [3.63, 3.8) is 0 Å². The molecule has 0 radical (unpaired) electrons. The van der Waals surface area contributed by atoms with E-state index in [4.69, 9.17) is 0 Å². The lowest BCUT2D eigenvalue weighted by Crippen LogP contribution is -2.41. The molecule has 4 nitrogen and oxygen atoms in total. The van der Waals surface area contributed by atoms with Crippen molar-refractivity contribution in [1.29, 1.82) is 0 Å². The maximum absolute atomic E-state index is 15.1. The van der Waals surface area contributed by atoms with E-state index in [1.807, 2.05) is 48.5 Å². The summed E-state index contributed by atoms with van der Waals surface area (Å²) in [5.41, 5.74) is 0.808. The number of likely N-dealkylation sites (tertiary alicyclic amines) is 1. The molecule has 2 saturated heterocycles. The van der Waals surface area contributed by atoms with Gasteiger partial charge in [0, 0.05) is 24.0 Å². The highest BCUT2D eigenvalue weighted by Crippen LogP contribution is 2.64. The molecule has 0 spiro atoms. The lowest BCUT2D eigenvalue weighted by Gasteiger charge is -2.45. The molecule has 2 atom stereocenters. The van der Waals surface area contributed by atoms with E-state index in [9.17, 15) is 5.11 Å². The van der Waals surface area contributed by atoms with Crippen LogP contribution in [0.1, 0.15) is 49.9 Å². The standard InChI is InChI=1S/C23H31N2O2P/c26-22-15-7-6-14-21(22)23(24-16-8-2-9-17-24)28(27,20-12-4-1-5-13-20)25-18-10-3-11-19-25/h1,4-7,12-15,23,26H,2-3,8-11,16-19H2. The van der Waals surface area contributed by atoms with Gasteiger partial charge in [-0.3, -0.25) is 9.46 Å². The first-order valence-electron chi connectivity index (χ1n) is 10.6. The normalized spacial score (nSPS) is 22.4. The van der Waals surface area contributed by atoms with Crippen LogP contribution < -0.4 is 5.30 Å². The van der Waals surface area contributed by atoms with Crippen molar-refractivity contribution in [1.82, 2.24) is 9.57 Å². The number of aromatic hydroxyl groups is 1. The van der Waals surface area contributed by atoms with Crippen LogP contribution in [-0.2, 0) is 4.57 Å². The van der Waals surface area contributed by atoms with E-state index in [-0.39, 0.29) is 11.5 Å². The molecule has 4 rings (SSSR count). The van der Waals surface area contributed by atoms with E-state index in [0.717, 1.165) is 62.7 Å². The number of nitrogens with zero attached hydrogens (tertiary/aromatic N) is 2. The number of hydrogen-bond donors (Lipinski definition) is 1. The molecule has 2 fully saturated rings. The fourth-order valence-corrected chi connectivity index (χ4v) is 8.41. The molecule has 0 aliphatic carbocycles. The van der Waals surface area contributed by atoms with Crippen molar-refractivity contribution in [2.75, 3.05) is 26.2 Å². The van der Waals surface area contributed by atoms with Crippen molar-refractivity contribution >= 4 is 12.6 Å². The van der Waals surface area contributed by atoms with Gasteiger partial charge in [0.15, 0.2) is 7.29 Å². The minimum Gasteiger partial charge on any atom is -0.508 e. The quantitative estimate of drug-likeness (QED) is 0.723. The maximum atomic E-state index is 15.1. The maximum Gasteiger partial charge on any atom is 0.199 e. The van der Waals surface area contributed by atoms with E-state index in [2.05, 4.69) is 9.57 Å². The van der Waals surface area contributed by atoms with E-state index < -0.39 is 7.29 Å². The molecule has 150 valence electrons. The van der Waals surface area contributed by atoms with Crippen molar-refractivity contribution < 1.29 is 9.67 Å². The predicted octanol–water partition coefficient (Wildman–Crippen LogP) is 4.97. The first kappa shape index (κ1) is 19.7. The summed E-state index contributed by atoms with van der Waals surface area (Å²) < 4.78 is 17.3. The summed E-state index contributed by atoms with van der Waals surface area (Å²) in [6.45, 7) is 3.60. The largest absolute Gasteiger partial charge is 0.508 e. The summed E-state index contributed by atoms with van der Waals surface area (Å²) in [6.07, 6.45) is 6.85. The van der Waals surface area contributed by atoms with E-state index >= 15 is 4.57 Å². The molecule has 0 bridgehead atoms. The number of phenolic OH excluding ortho intramolecular Hbond substituents is 1. The van der Waals surface area contributed by atoms with Crippen LogP contribution in [0.4, 0.5) is 0 Å². The minimum absolute atomic E-state index is 0.256. The highest BCUT2D eigenvalue weighted by Gasteiger charge is 2.45. The molecule has 2 aromatic carbocycles. The van der Waals surface area contributed by atoms with Crippen LogP contribution in [0.2, 0.25) is 0 Å². The fraction of sp³-hybridized carbons (Fsp3) is 0.478. The van der Waals surface area contributed by atoms with Gasteiger partial charge in [-0.15, -0.1) is 0 Å². The Morgan fingerprint density at radius 3 is 1.96 bits per heavy atom. The van der Waals surface area contributed by atoms with E-state index in [1.54, 1.807) is 6.07 Å². The van der Waals surface area contributed by atoms with Gasteiger partial charge in [0.1, 0.15) is 11.5 Å². The number of para-hydroxylation sites is 1. The lowest BCUT2D eigenvalue weighted by atomic mass is 10.1. The molecule has 2 aliphatic heterocycles. The van der Waals surface area contributed by atoms with Gasteiger partial charge in [0.25, 0.3) is 0 Å². The van der Waals surface area contributed by atoms with E-state index in [1.165, 1.54) is 12.8 Å². The van der Waals surface area contributed by atoms with Gasteiger partial charge in [-0.2, -0.15) is 0 Å². The second kappa shape index (κ2) is 8.82. The van der Waals surface area contributed by atoms with Crippen LogP contribution in [0.15, 0.2) is 54.6 Å². The molecular weight excluding hydrogens is 367 g/mol. The average Bonchev–Trinajstić information content (AvgIpc) is 2.77. The molecule has 28 heavy (non-hydrogen) atoms. The minimum atomic E-state index is -2.98. The summed E-state index contributed by atoms with van der Waals surface area (Å²) in [7, 11) is -2.98. The van der Waals surface area contributed by atoms with Crippen molar-refractivity contribution in [3.05, 3.63) is 60.2 Å². The Bertz CT molecular complexity index is 814. The molecule has 2 aromatic rings. The lowest BCUT2D eigenvalue weighted by molar-refractivity contribution is 0.196. The smallest absolute Gasteiger partial charge is 0.199 e. The van der Waals surface area contributed by atoms with Crippen molar-refractivity contribution in [3.8, 4) is 5.75 Å². The Hall–Kier alpha value is -1.61.